The van der Waals surface area contributed by atoms with Gasteiger partial charge in [0.25, 0.3) is 0 Å². The topological polar surface area (TPSA) is 55.9 Å². The molecule has 1 heterocycles. The highest BCUT2D eigenvalue weighted by atomic mass is 15.3. The van der Waals surface area contributed by atoms with Gasteiger partial charge in [0.1, 0.15) is 5.82 Å². The lowest BCUT2D eigenvalue weighted by Crippen LogP contribution is -2.04. The van der Waals surface area contributed by atoms with Crippen molar-refractivity contribution < 1.29 is 0 Å². The molecule has 0 bridgehead atoms. The Balaban J connectivity index is 0.000000791. The lowest BCUT2D eigenvalue weighted by atomic mass is 10.3. The van der Waals surface area contributed by atoms with E-state index in [1.54, 1.807) is 10.8 Å². The van der Waals surface area contributed by atoms with Crippen LogP contribution < -0.4 is 11.1 Å². The third-order valence-electron chi connectivity index (χ3n) is 1.73. The Hall–Kier alpha value is -1.45. The molecule has 0 amide bonds. The monoisotopic (exact) mass is 196 g/mol. The van der Waals surface area contributed by atoms with Gasteiger partial charge in [0.15, 0.2) is 5.82 Å². The van der Waals surface area contributed by atoms with E-state index in [2.05, 4.69) is 17.0 Å². The summed E-state index contributed by atoms with van der Waals surface area (Å²) in [7, 11) is 1.86. The van der Waals surface area contributed by atoms with Crippen molar-refractivity contribution in [2.75, 3.05) is 17.6 Å². The van der Waals surface area contributed by atoms with Gasteiger partial charge in [-0.2, -0.15) is 5.10 Å². The number of hydrogen-bond donors (Lipinski definition) is 2. The van der Waals surface area contributed by atoms with Crippen molar-refractivity contribution in [3.05, 3.63) is 18.2 Å². The lowest BCUT2D eigenvalue weighted by Gasteiger charge is -2.03. The average Bonchev–Trinajstić information content (AvgIpc) is 2.43. The maximum atomic E-state index is 5.62. The number of rotatable bonds is 3. The molecule has 14 heavy (non-hydrogen) atoms. The van der Waals surface area contributed by atoms with E-state index >= 15 is 0 Å². The Morgan fingerprint density at radius 1 is 1.57 bits per heavy atom. The number of nitrogen functional groups attached to an aromatic ring is 1. The summed E-state index contributed by atoms with van der Waals surface area (Å²) in [6, 6.07) is 0. The summed E-state index contributed by atoms with van der Waals surface area (Å²) >= 11 is 0. The molecule has 0 aliphatic heterocycles. The molecular formula is C10H20N4. The van der Waals surface area contributed by atoms with E-state index in [-0.39, 0.29) is 0 Å². The highest BCUT2D eigenvalue weighted by molar-refractivity contribution is 5.56. The summed E-state index contributed by atoms with van der Waals surface area (Å²) in [5, 5.41) is 7.22. The molecule has 4 heteroatoms. The second-order valence-corrected chi connectivity index (χ2v) is 2.65. The van der Waals surface area contributed by atoms with Crippen LogP contribution in [0.15, 0.2) is 12.7 Å². The van der Waals surface area contributed by atoms with Gasteiger partial charge in [-0.05, 0) is 6.92 Å². The maximum absolute atomic E-state index is 5.62. The molecule has 0 aromatic carbocycles. The average molecular weight is 196 g/mol. The minimum atomic E-state index is 0.573. The van der Waals surface area contributed by atoms with E-state index in [1.165, 1.54) is 0 Å². The summed E-state index contributed by atoms with van der Waals surface area (Å²) < 4.78 is 1.73. The van der Waals surface area contributed by atoms with Crippen LogP contribution in [-0.4, -0.2) is 16.3 Å². The zero-order valence-corrected chi connectivity index (χ0v) is 9.46. The molecule has 0 fully saturated rings. The van der Waals surface area contributed by atoms with Crippen LogP contribution in [0.4, 0.5) is 11.6 Å². The summed E-state index contributed by atoms with van der Waals surface area (Å²) in [5.41, 5.74) is 6.60. The highest BCUT2D eigenvalue weighted by Gasteiger charge is 2.07. The van der Waals surface area contributed by atoms with Crippen molar-refractivity contribution in [2.45, 2.75) is 20.8 Å². The van der Waals surface area contributed by atoms with Crippen LogP contribution in [0.1, 0.15) is 19.4 Å². The van der Waals surface area contributed by atoms with E-state index < -0.39 is 0 Å². The summed E-state index contributed by atoms with van der Waals surface area (Å²) in [4.78, 5) is 0. The Morgan fingerprint density at radius 3 is 2.50 bits per heavy atom. The fourth-order valence-electron chi connectivity index (χ4n) is 1.07. The molecule has 4 nitrogen and oxygen atoms in total. The summed E-state index contributed by atoms with van der Waals surface area (Å²) in [5.74, 6) is 1.52. The summed E-state index contributed by atoms with van der Waals surface area (Å²) in [6.07, 6.45) is 1.79. The zero-order chi connectivity index (χ0) is 11.1. The van der Waals surface area contributed by atoms with Crippen LogP contribution in [0.2, 0.25) is 0 Å². The molecule has 0 saturated carbocycles. The van der Waals surface area contributed by atoms with Crippen LogP contribution in [0.3, 0.4) is 0 Å². The van der Waals surface area contributed by atoms with E-state index in [9.17, 15) is 0 Å². The van der Waals surface area contributed by atoms with Crippen LogP contribution in [0.25, 0.3) is 0 Å². The van der Waals surface area contributed by atoms with Gasteiger partial charge >= 0.3 is 0 Å². The van der Waals surface area contributed by atoms with Crippen LogP contribution >= 0.6 is 0 Å². The summed E-state index contributed by atoms with van der Waals surface area (Å²) in [6.45, 7) is 10.3. The van der Waals surface area contributed by atoms with Crippen molar-refractivity contribution >= 4 is 11.6 Å². The maximum Gasteiger partial charge on any atom is 0.150 e. The van der Waals surface area contributed by atoms with Crippen molar-refractivity contribution in [3.8, 4) is 0 Å². The first-order chi connectivity index (χ1) is 6.66. The van der Waals surface area contributed by atoms with Crippen LogP contribution in [0, 0.1) is 6.92 Å². The molecule has 0 aliphatic carbocycles. The molecule has 0 radical (unpaired) electrons. The van der Waals surface area contributed by atoms with E-state index in [4.69, 9.17) is 5.73 Å². The lowest BCUT2D eigenvalue weighted by molar-refractivity contribution is 0.776. The van der Waals surface area contributed by atoms with Crippen molar-refractivity contribution in [1.29, 1.82) is 0 Å². The minimum Gasteiger partial charge on any atom is -0.382 e. The Kier molecular flexibility index (Phi) is 5.44. The fraction of sp³-hybridized carbons (Fsp3) is 0.500. The standard InChI is InChI=1S/C8H14N4.C2H6/c1-4-5-10-8-6(2)7(9)11-12(8)3;1-2/h4,10H,1,5H2,2-3H3,(H2,9,11);1-2H3. The molecule has 80 valence electrons. The van der Waals surface area contributed by atoms with E-state index in [1.807, 2.05) is 27.8 Å². The molecule has 0 aliphatic rings. The van der Waals surface area contributed by atoms with Gasteiger partial charge in [-0.1, -0.05) is 19.9 Å². The molecule has 0 unspecified atom stereocenters. The quantitative estimate of drug-likeness (QED) is 0.726. The molecule has 1 aromatic rings. The number of nitrogens with one attached hydrogen (secondary N) is 1. The second kappa shape index (κ2) is 6.07. The van der Waals surface area contributed by atoms with Gasteiger partial charge in [-0.3, -0.25) is 4.68 Å². The van der Waals surface area contributed by atoms with Gasteiger partial charge in [-0.15, -0.1) is 6.58 Å². The second-order valence-electron chi connectivity index (χ2n) is 2.65. The normalized spacial score (nSPS) is 8.86. The van der Waals surface area contributed by atoms with Gasteiger partial charge in [0.2, 0.25) is 0 Å². The SMILES string of the molecule is C=CCNc1c(C)c(N)nn1C.CC. The molecule has 3 N–H and O–H groups in total. The first-order valence-corrected chi connectivity index (χ1v) is 4.80. The van der Waals surface area contributed by atoms with E-state index in [0.717, 1.165) is 17.9 Å². The molecule has 1 aromatic heterocycles. The molecule has 0 atom stereocenters. The third kappa shape index (κ3) is 2.80. The Bertz CT molecular complexity index is 289. The Morgan fingerprint density at radius 2 is 2.14 bits per heavy atom. The largest absolute Gasteiger partial charge is 0.382 e. The minimum absolute atomic E-state index is 0.573. The number of anilines is 2. The first-order valence-electron chi connectivity index (χ1n) is 4.80. The third-order valence-corrected chi connectivity index (χ3v) is 1.73. The Labute approximate surface area is 85.8 Å². The van der Waals surface area contributed by atoms with Crippen molar-refractivity contribution in [2.24, 2.45) is 7.05 Å². The molecule has 0 spiro atoms. The molecule has 0 saturated heterocycles. The van der Waals surface area contributed by atoms with Gasteiger partial charge in [0.05, 0.1) is 0 Å². The van der Waals surface area contributed by atoms with Crippen LogP contribution in [0.5, 0.6) is 0 Å². The number of nitrogens with zero attached hydrogens (tertiary/aromatic N) is 2. The first kappa shape index (κ1) is 12.6. The predicted molar refractivity (Wildman–Crippen MR) is 62.4 cm³/mol. The highest BCUT2D eigenvalue weighted by Crippen LogP contribution is 2.18. The van der Waals surface area contributed by atoms with Crippen molar-refractivity contribution in [3.63, 3.8) is 0 Å². The van der Waals surface area contributed by atoms with Gasteiger partial charge in [0, 0.05) is 19.2 Å². The van der Waals surface area contributed by atoms with Crippen molar-refractivity contribution in [1.82, 2.24) is 9.78 Å². The van der Waals surface area contributed by atoms with E-state index in [0.29, 0.717) is 5.82 Å². The number of aromatic nitrogens is 2. The van der Waals surface area contributed by atoms with Gasteiger partial charge in [-0.25, -0.2) is 0 Å². The van der Waals surface area contributed by atoms with Gasteiger partial charge < -0.3 is 11.1 Å². The number of nitrogens with two attached hydrogens (primary N) is 1. The van der Waals surface area contributed by atoms with Crippen LogP contribution in [-0.2, 0) is 7.05 Å². The zero-order valence-electron chi connectivity index (χ0n) is 9.46. The molecular weight excluding hydrogens is 176 g/mol. The number of hydrogen-bond acceptors (Lipinski definition) is 3. The molecule has 1 rings (SSSR count). The fourth-order valence-corrected chi connectivity index (χ4v) is 1.07. The number of aryl methyl sites for hydroxylation is 1. The predicted octanol–water partition coefficient (Wildman–Crippen LogP) is 1.93. The smallest absolute Gasteiger partial charge is 0.150 e.